The second-order valence-corrected chi connectivity index (χ2v) is 6.83. The number of likely N-dealkylation sites (N-methyl/N-ethyl adjacent to an activating group) is 1. The SMILES string of the molecule is CNc1ccc(C#Cn2c3c(c4cc(C)ccc42)CN(C)CC3)cc1. The van der Waals surface area contributed by atoms with Gasteiger partial charge in [0, 0.05) is 54.9 Å². The summed E-state index contributed by atoms with van der Waals surface area (Å²) < 4.78 is 2.21. The monoisotopic (exact) mass is 329 g/mol. The van der Waals surface area contributed by atoms with Gasteiger partial charge in [0.15, 0.2) is 0 Å². The van der Waals surface area contributed by atoms with E-state index >= 15 is 0 Å². The molecular weight excluding hydrogens is 306 g/mol. The molecule has 0 fully saturated rings. The molecule has 1 aliphatic heterocycles. The standard InChI is InChI=1S/C22H23N3/c1-16-4-9-21-19(14-16)20-15-24(3)12-11-22(20)25(21)13-10-17-5-7-18(23-2)8-6-17/h4-9,14,23H,11-12,15H2,1-3H3. The van der Waals surface area contributed by atoms with Gasteiger partial charge in [-0.1, -0.05) is 11.6 Å². The molecule has 0 atom stereocenters. The zero-order chi connectivity index (χ0) is 17.4. The van der Waals surface area contributed by atoms with Gasteiger partial charge in [0.25, 0.3) is 0 Å². The van der Waals surface area contributed by atoms with Gasteiger partial charge in [0.2, 0.25) is 0 Å². The van der Waals surface area contributed by atoms with Crippen LogP contribution in [0.25, 0.3) is 10.9 Å². The van der Waals surface area contributed by atoms with E-state index in [4.69, 9.17) is 0 Å². The maximum Gasteiger partial charge on any atom is 0.0618 e. The van der Waals surface area contributed by atoms with Gasteiger partial charge in [-0.05, 0) is 61.9 Å². The Morgan fingerprint density at radius 2 is 1.88 bits per heavy atom. The van der Waals surface area contributed by atoms with Crippen molar-refractivity contribution in [3.05, 3.63) is 64.8 Å². The molecule has 3 nitrogen and oxygen atoms in total. The first kappa shape index (κ1) is 15.8. The summed E-state index contributed by atoms with van der Waals surface area (Å²) in [5, 5.41) is 4.49. The zero-order valence-corrected chi connectivity index (χ0v) is 15.1. The van der Waals surface area contributed by atoms with Crippen molar-refractivity contribution in [1.82, 2.24) is 9.47 Å². The molecule has 1 aliphatic rings. The molecular formula is C22H23N3. The number of benzene rings is 2. The molecule has 2 heterocycles. The number of hydrogen-bond acceptors (Lipinski definition) is 2. The van der Waals surface area contributed by atoms with Gasteiger partial charge in [-0.2, -0.15) is 0 Å². The van der Waals surface area contributed by atoms with E-state index in [0.29, 0.717) is 0 Å². The molecule has 0 spiro atoms. The Kier molecular flexibility index (Phi) is 3.99. The predicted molar refractivity (Wildman–Crippen MR) is 105 cm³/mol. The molecule has 25 heavy (non-hydrogen) atoms. The van der Waals surface area contributed by atoms with Crippen molar-refractivity contribution in [2.75, 3.05) is 26.0 Å². The van der Waals surface area contributed by atoms with Crippen LogP contribution < -0.4 is 5.32 Å². The summed E-state index contributed by atoms with van der Waals surface area (Å²) in [6, 6.07) is 18.3. The Morgan fingerprint density at radius 1 is 1.08 bits per heavy atom. The van der Waals surface area contributed by atoms with Crippen LogP contribution in [-0.4, -0.2) is 30.1 Å². The molecule has 4 rings (SSSR count). The fraction of sp³-hybridized carbons (Fsp3) is 0.273. The molecule has 3 aromatic rings. The lowest BCUT2D eigenvalue weighted by atomic mass is 10.0. The second-order valence-electron chi connectivity index (χ2n) is 6.83. The summed E-state index contributed by atoms with van der Waals surface area (Å²) in [6.07, 6.45) is 1.05. The van der Waals surface area contributed by atoms with Crippen LogP contribution in [0.15, 0.2) is 42.5 Å². The largest absolute Gasteiger partial charge is 0.388 e. The average Bonchev–Trinajstić information content (AvgIpc) is 2.92. The Hall–Kier alpha value is -2.70. The smallest absolute Gasteiger partial charge is 0.0618 e. The van der Waals surface area contributed by atoms with Gasteiger partial charge < -0.3 is 10.2 Å². The van der Waals surface area contributed by atoms with Crippen molar-refractivity contribution < 1.29 is 0 Å². The predicted octanol–water partition coefficient (Wildman–Crippen LogP) is 3.84. The number of rotatable bonds is 1. The van der Waals surface area contributed by atoms with Gasteiger partial charge >= 0.3 is 0 Å². The van der Waals surface area contributed by atoms with E-state index in [9.17, 15) is 0 Å². The average molecular weight is 329 g/mol. The molecule has 0 aliphatic carbocycles. The van der Waals surface area contributed by atoms with E-state index in [2.05, 4.69) is 83.2 Å². The molecule has 2 aromatic carbocycles. The summed E-state index contributed by atoms with van der Waals surface area (Å²) in [5.74, 6) is 3.34. The maximum atomic E-state index is 3.41. The fourth-order valence-electron chi connectivity index (χ4n) is 3.58. The molecule has 0 unspecified atom stereocenters. The van der Waals surface area contributed by atoms with Crippen LogP contribution in [0, 0.1) is 18.9 Å². The number of aryl methyl sites for hydroxylation is 1. The Labute approximate surface area is 149 Å². The molecule has 0 bridgehead atoms. The lowest BCUT2D eigenvalue weighted by molar-refractivity contribution is 0.311. The first-order chi connectivity index (χ1) is 12.2. The summed E-state index contributed by atoms with van der Waals surface area (Å²) in [6.45, 7) is 4.24. The number of hydrogen-bond donors (Lipinski definition) is 1. The quantitative estimate of drug-likeness (QED) is 0.685. The zero-order valence-electron chi connectivity index (χ0n) is 15.1. The maximum absolute atomic E-state index is 3.41. The molecule has 1 N–H and O–H groups in total. The highest BCUT2D eigenvalue weighted by Gasteiger charge is 2.21. The van der Waals surface area contributed by atoms with Crippen LogP contribution in [0.1, 0.15) is 22.4 Å². The third-order valence-electron chi connectivity index (χ3n) is 4.98. The molecule has 0 saturated heterocycles. The molecule has 0 amide bonds. The van der Waals surface area contributed by atoms with Gasteiger partial charge in [-0.25, -0.2) is 0 Å². The summed E-state index contributed by atoms with van der Waals surface area (Å²) >= 11 is 0. The minimum atomic E-state index is 1.00. The van der Waals surface area contributed by atoms with Gasteiger partial charge in [0.05, 0.1) is 5.52 Å². The lowest BCUT2D eigenvalue weighted by Gasteiger charge is -2.23. The molecule has 0 saturated carbocycles. The van der Waals surface area contributed by atoms with Crippen molar-refractivity contribution in [3.63, 3.8) is 0 Å². The van der Waals surface area contributed by atoms with E-state index in [0.717, 1.165) is 30.8 Å². The van der Waals surface area contributed by atoms with Crippen molar-refractivity contribution in [1.29, 1.82) is 0 Å². The van der Waals surface area contributed by atoms with Crippen LogP contribution in [-0.2, 0) is 13.0 Å². The first-order valence-corrected chi connectivity index (χ1v) is 8.77. The Balaban J connectivity index is 1.83. The third kappa shape index (κ3) is 2.90. The number of aromatic nitrogens is 1. The van der Waals surface area contributed by atoms with E-state index in [1.807, 2.05) is 7.05 Å². The van der Waals surface area contributed by atoms with Crippen molar-refractivity contribution in [3.8, 4) is 12.0 Å². The van der Waals surface area contributed by atoms with E-state index in [1.165, 1.54) is 27.7 Å². The van der Waals surface area contributed by atoms with Crippen molar-refractivity contribution in [2.45, 2.75) is 19.9 Å². The minimum Gasteiger partial charge on any atom is -0.388 e. The van der Waals surface area contributed by atoms with Gasteiger partial charge in [-0.3, -0.25) is 4.57 Å². The summed E-state index contributed by atoms with van der Waals surface area (Å²) in [5.41, 5.74) is 7.48. The summed E-state index contributed by atoms with van der Waals surface area (Å²) in [4.78, 5) is 2.39. The summed E-state index contributed by atoms with van der Waals surface area (Å²) in [7, 11) is 4.12. The van der Waals surface area contributed by atoms with Gasteiger partial charge in [-0.15, -0.1) is 0 Å². The highest BCUT2D eigenvalue weighted by Crippen LogP contribution is 2.30. The highest BCUT2D eigenvalue weighted by atomic mass is 15.1. The Morgan fingerprint density at radius 3 is 2.64 bits per heavy atom. The molecule has 126 valence electrons. The normalized spacial score (nSPS) is 14.0. The second kappa shape index (κ2) is 6.31. The van der Waals surface area contributed by atoms with Crippen LogP contribution in [0.2, 0.25) is 0 Å². The fourth-order valence-corrected chi connectivity index (χ4v) is 3.58. The number of fused-ring (bicyclic) bond motifs is 3. The minimum absolute atomic E-state index is 1.00. The van der Waals surface area contributed by atoms with Crippen LogP contribution in [0.5, 0.6) is 0 Å². The Bertz CT molecular complexity index is 984. The van der Waals surface area contributed by atoms with E-state index < -0.39 is 0 Å². The molecule has 1 aromatic heterocycles. The number of nitrogens with one attached hydrogen (secondary N) is 1. The van der Waals surface area contributed by atoms with Crippen LogP contribution >= 0.6 is 0 Å². The van der Waals surface area contributed by atoms with Crippen molar-refractivity contribution in [2.24, 2.45) is 0 Å². The first-order valence-electron chi connectivity index (χ1n) is 8.77. The van der Waals surface area contributed by atoms with Crippen LogP contribution in [0.4, 0.5) is 5.69 Å². The third-order valence-corrected chi connectivity index (χ3v) is 4.98. The van der Waals surface area contributed by atoms with Crippen molar-refractivity contribution >= 4 is 16.6 Å². The number of anilines is 1. The van der Waals surface area contributed by atoms with Gasteiger partial charge in [0.1, 0.15) is 0 Å². The van der Waals surface area contributed by atoms with E-state index in [-0.39, 0.29) is 0 Å². The lowest BCUT2D eigenvalue weighted by Crippen LogP contribution is -2.27. The molecule has 0 radical (unpaired) electrons. The topological polar surface area (TPSA) is 20.2 Å². The highest BCUT2D eigenvalue weighted by molar-refractivity contribution is 5.87. The van der Waals surface area contributed by atoms with Crippen LogP contribution in [0.3, 0.4) is 0 Å². The number of nitrogens with zero attached hydrogens (tertiary/aromatic N) is 2. The molecule has 3 heteroatoms. The van der Waals surface area contributed by atoms with E-state index in [1.54, 1.807) is 0 Å².